The molecule has 0 saturated heterocycles. The molecule has 0 aliphatic carbocycles. The zero-order valence-electron chi connectivity index (χ0n) is 50.9. The normalized spacial score (nSPS) is 12.7. The van der Waals surface area contributed by atoms with Crippen molar-refractivity contribution in [1.29, 1.82) is 0 Å². The van der Waals surface area contributed by atoms with Crippen molar-refractivity contribution in [2.45, 2.75) is 26.2 Å². The summed E-state index contributed by atoms with van der Waals surface area (Å²) in [6.45, 7) is 6.69. The molecule has 0 unspecified atom stereocenters. The molecule has 2 aliphatic rings. The second kappa shape index (κ2) is 19.7. The lowest BCUT2D eigenvalue weighted by Gasteiger charge is -2.37. The molecule has 0 N–H and O–H groups in total. The van der Waals surface area contributed by atoms with Gasteiger partial charge in [-0.1, -0.05) is 299 Å². The molecule has 0 fully saturated rings. The van der Waals surface area contributed by atoms with Crippen LogP contribution < -0.4 is 32.8 Å². The minimum Gasteiger partial charge on any atom is -0.293 e. The molecular formula is C86H59B2N3. The van der Waals surface area contributed by atoms with Crippen LogP contribution in [0.2, 0.25) is 0 Å². The Bertz CT molecular complexity index is 5370. The Morgan fingerprint density at radius 1 is 0.286 bits per heavy atom. The van der Waals surface area contributed by atoms with Crippen LogP contribution in [0.1, 0.15) is 26.3 Å². The summed E-state index contributed by atoms with van der Waals surface area (Å²) in [5, 5.41) is 7.52. The first-order valence-electron chi connectivity index (χ1n) is 32.1. The van der Waals surface area contributed by atoms with Crippen molar-refractivity contribution >= 4 is 112 Å². The van der Waals surface area contributed by atoms with Gasteiger partial charge < -0.3 is 0 Å². The van der Waals surface area contributed by atoms with Gasteiger partial charge in [-0.3, -0.25) is 13.4 Å². The largest absolute Gasteiger partial charge is 0.293 e. The summed E-state index contributed by atoms with van der Waals surface area (Å²) in [7, 11) is 0. The van der Waals surface area contributed by atoms with E-state index in [1.165, 1.54) is 176 Å². The van der Waals surface area contributed by atoms with Crippen molar-refractivity contribution in [2.75, 3.05) is 0 Å². The minimum atomic E-state index is -0.284. The number of hydrogen-bond donors (Lipinski definition) is 0. The van der Waals surface area contributed by atoms with E-state index < -0.39 is 0 Å². The molecule has 19 rings (SSSR count). The zero-order chi connectivity index (χ0) is 60.2. The van der Waals surface area contributed by atoms with Gasteiger partial charge >= 0.3 is 0 Å². The number of para-hydroxylation sites is 2. The Morgan fingerprint density at radius 2 is 0.604 bits per heavy atom. The predicted octanol–water partition coefficient (Wildman–Crippen LogP) is 17.7. The van der Waals surface area contributed by atoms with Crippen molar-refractivity contribution in [3.63, 3.8) is 0 Å². The highest BCUT2D eigenvalue weighted by Gasteiger charge is 2.47. The van der Waals surface area contributed by atoms with Gasteiger partial charge in [0.05, 0.1) is 22.1 Å². The first-order chi connectivity index (χ1) is 44.9. The van der Waals surface area contributed by atoms with Gasteiger partial charge in [0.15, 0.2) is 0 Å². The lowest BCUT2D eigenvalue weighted by Crippen LogP contribution is -2.64. The number of benzene rings is 13. The standard InChI is InChI=1S/C86H59B2N3/c1-86(2,3)63-52-72-83-73(53-63)88(78-70(58-36-18-8-19-37-58)50-62(55-30-12-5-13-31-55)51-71(78)59-38-20-9-21-39-59)80-65-43-23-25-47-75(65)90-82-67-45-27-41-60-40-26-44-66(76(60)67)81(82)89-74-46-24-22-42-64(74)79(84(89)91(83)85(80)90)87(72)77-68(56-32-14-6-15-33-56)48-61(54-28-10-4-11-29-54)49-69(77)57-34-16-7-17-35-57/h4-53H,1-3H3. The third kappa shape index (κ3) is 7.52. The molecule has 0 radical (unpaired) electrons. The van der Waals surface area contributed by atoms with Gasteiger partial charge in [-0.05, 0) is 152 Å². The van der Waals surface area contributed by atoms with E-state index in [2.05, 4.69) is 337 Å². The molecule has 3 aromatic heterocycles. The van der Waals surface area contributed by atoms with Crippen molar-refractivity contribution < 1.29 is 0 Å². The minimum absolute atomic E-state index is 0.267. The molecule has 5 heterocycles. The number of fused-ring (bicyclic) bond motifs is 11. The highest BCUT2D eigenvalue weighted by atomic mass is 15.2. The number of aromatic nitrogens is 3. The first kappa shape index (κ1) is 51.9. The second-order valence-corrected chi connectivity index (χ2v) is 26.2. The van der Waals surface area contributed by atoms with Gasteiger partial charge in [0.2, 0.25) is 0 Å². The average molecular weight is 1160 g/mol. The molecule has 17 aromatic rings. The summed E-state index contributed by atoms with van der Waals surface area (Å²) in [4.78, 5) is 0. The zero-order valence-corrected chi connectivity index (χ0v) is 50.9. The maximum Gasteiger partial charge on any atom is 0.251 e. The number of hydrogen-bond acceptors (Lipinski definition) is 0. The highest BCUT2D eigenvalue weighted by Crippen LogP contribution is 2.45. The first-order valence-corrected chi connectivity index (χ1v) is 32.1. The molecule has 5 heteroatoms. The summed E-state index contributed by atoms with van der Waals surface area (Å²) in [6.07, 6.45) is 0. The van der Waals surface area contributed by atoms with Gasteiger partial charge in [-0.15, -0.1) is 0 Å². The summed E-state index contributed by atoms with van der Waals surface area (Å²) in [5.74, 6) is 0. The Hall–Kier alpha value is -11.1. The molecular weight excluding hydrogens is 1100 g/mol. The Morgan fingerprint density at radius 3 is 0.956 bits per heavy atom. The monoisotopic (exact) mass is 1160 g/mol. The third-order valence-electron chi connectivity index (χ3n) is 20.2. The van der Waals surface area contributed by atoms with Crippen LogP contribution in [0.4, 0.5) is 0 Å². The van der Waals surface area contributed by atoms with Gasteiger partial charge in [-0.25, -0.2) is 0 Å². The third-order valence-corrected chi connectivity index (χ3v) is 20.2. The van der Waals surface area contributed by atoms with Crippen LogP contribution in [0.3, 0.4) is 0 Å². The SMILES string of the molecule is CC(C)(C)c1cc2c3c(c1)B(c1c(-c4ccccc4)cc(-c4ccccc4)cc1-c1ccccc1)c1c4ccccc4n4c5c6cccc7cccc(c76)c5n5c6ccccc6c(c5n-3c14)B2c1c(-c2ccccc2)cc(-c2ccccc2)cc1-c1ccccc1. The van der Waals surface area contributed by atoms with Crippen LogP contribution >= 0.6 is 0 Å². The van der Waals surface area contributed by atoms with Crippen LogP contribution in [-0.2, 0) is 5.41 Å². The van der Waals surface area contributed by atoms with Gasteiger partial charge in [0.1, 0.15) is 11.3 Å². The van der Waals surface area contributed by atoms with E-state index in [9.17, 15) is 0 Å². The highest BCUT2D eigenvalue weighted by molar-refractivity contribution is 7.04. The van der Waals surface area contributed by atoms with Crippen LogP contribution in [0.5, 0.6) is 0 Å². The van der Waals surface area contributed by atoms with Crippen molar-refractivity contribution in [2.24, 2.45) is 0 Å². The van der Waals surface area contributed by atoms with Crippen LogP contribution in [0.15, 0.2) is 303 Å². The lowest BCUT2D eigenvalue weighted by molar-refractivity contribution is 0.591. The molecule has 0 spiro atoms. The maximum atomic E-state index is 2.79. The molecule has 0 bridgehead atoms. The van der Waals surface area contributed by atoms with E-state index in [-0.39, 0.29) is 18.8 Å². The summed E-state index contributed by atoms with van der Waals surface area (Å²) >= 11 is 0. The summed E-state index contributed by atoms with van der Waals surface area (Å²) in [6, 6.07) is 115. The van der Waals surface area contributed by atoms with Crippen molar-refractivity contribution in [3.05, 3.63) is 309 Å². The van der Waals surface area contributed by atoms with Crippen LogP contribution in [0, 0.1) is 0 Å². The average Bonchev–Trinajstić information content (AvgIpc) is 1.52. The van der Waals surface area contributed by atoms with Gasteiger partial charge in [0.25, 0.3) is 13.4 Å². The van der Waals surface area contributed by atoms with E-state index in [1.807, 2.05) is 0 Å². The Balaban J connectivity index is 1.11. The van der Waals surface area contributed by atoms with E-state index in [0.717, 1.165) is 0 Å². The van der Waals surface area contributed by atoms with Gasteiger partial charge in [0, 0.05) is 21.8 Å². The molecule has 2 aliphatic heterocycles. The molecule has 14 aromatic carbocycles. The quantitative estimate of drug-likeness (QED) is 0.135. The molecule has 91 heavy (non-hydrogen) atoms. The van der Waals surface area contributed by atoms with Crippen LogP contribution in [0.25, 0.3) is 138 Å². The van der Waals surface area contributed by atoms with Crippen molar-refractivity contribution in [3.8, 4) is 72.4 Å². The Labute approximate surface area is 529 Å². The fourth-order valence-corrected chi connectivity index (χ4v) is 16.4. The second-order valence-electron chi connectivity index (χ2n) is 26.2. The van der Waals surface area contributed by atoms with Gasteiger partial charge in [-0.2, -0.15) is 0 Å². The predicted molar refractivity (Wildman–Crippen MR) is 389 cm³/mol. The smallest absolute Gasteiger partial charge is 0.251 e. The lowest BCUT2D eigenvalue weighted by atomic mass is 9.29. The summed E-state index contributed by atoms with van der Waals surface area (Å²) < 4.78 is 8.24. The fourth-order valence-electron chi connectivity index (χ4n) is 16.4. The fraction of sp³-hybridized carbons (Fsp3) is 0.0465. The molecule has 3 nitrogen and oxygen atoms in total. The van der Waals surface area contributed by atoms with E-state index in [0.29, 0.717) is 0 Å². The van der Waals surface area contributed by atoms with E-state index in [1.54, 1.807) is 0 Å². The van der Waals surface area contributed by atoms with Crippen LogP contribution in [-0.4, -0.2) is 26.8 Å². The summed E-state index contributed by atoms with van der Waals surface area (Å²) in [5.41, 5.74) is 31.7. The van der Waals surface area contributed by atoms with E-state index >= 15 is 0 Å². The maximum absolute atomic E-state index is 2.79. The molecule has 0 atom stereocenters. The molecule has 0 saturated carbocycles. The molecule has 424 valence electrons. The van der Waals surface area contributed by atoms with E-state index in [4.69, 9.17) is 0 Å². The topological polar surface area (TPSA) is 13.8 Å². The Kier molecular flexibility index (Phi) is 11.2. The number of rotatable bonds is 8. The number of nitrogens with zero attached hydrogens (tertiary/aromatic N) is 3. The molecule has 0 amide bonds. The van der Waals surface area contributed by atoms with Crippen molar-refractivity contribution in [1.82, 2.24) is 13.4 Å².